The number of imidazole rings is 2. The Morgan fingerprint density at radius 2 is 0.700 bits per heavy atom. The Kier molecular flexibility index (Phi) is 9.41. The van der Waals surface area contributed by atoms with Gasteiger partial charge in [0, 0.05) is 27.8 Å². The molecule has 0 radical (unpaired) electrons. The first kappa shape index (κ1) is 36.8. The summed E-state index contributed by atoms with van der Waals surface area (Å²) in [6, 6.07) is 60.7. The highest BCUT2D eigenvalue weighted by Crippen LogP contribution is 2.39. The minimum Gasteiger partial charge on any atom is -0.292 e. The second-order valence-corrected chi connectivity index (χ2v) is 15.7. The molecule has 0 unspecified atom stereocenters. The van der Waals surface area contributed by atoms with E-state index in [1.54, 1.807) is 0 Å². The Morgan fingerprint density at radius 3 is 1.17 bits per heavy atom. The van der Waals surface area contributed by atoms with Gasteiger partial charge in [-0.15, -0.1) is 0 Å². The topological polar surface area (TPSA) is 74.3 Å². The first-order chi connectivity index (χ1) is 29.4. The molecule has 3 aromatic heterocycles. The van der Waals surface area contributed by atoms with Gasteiger partial charge in [0.1, 0.15) is 11.6 Å². The van der Waals surface area contributed by atoms with Crippen molar-refractivity contribution in [2.45, 2.75) is 39.5 Å². The van der Waals surface area contributed by atoms with Crippen molar-refractivity contribution in [2.24, 2.45) is 0 Å². The number of hydrogen-bond donors (Lipinski definition) is 0. The van der Waals surface area contributed by atoms with Gasteiger partial charge in [0.2, 0.25) is 0 Å². The quantitative estimate of drug-likeness (QED) is 0.146. The van der Waals surface area contributed by atoms with E-state index < -0.39 is 0 Å². The molecule has 0 atom stereocenters. The number of aromatic nitrogens is 7. The molecule has 290 valence electrons. The van der Waals surface area contributed by atoms with E-state index in [9.17, 15) is 0 Å². The molecule has 0 aliphatic rings. The lowest BCUT2D eigenvalue weighted by Crippen LogP contribution is -2.07. The molecule has 0 saturated carbocycles. The summed E-state index contributed by atoms with van der Waals surface area (Å²) < 4.78 is 4.53. The molecule has 7 nitrogen and oxygen atoms in total. The Hall–Kier alpha value is -7.51. The predicted octanol–water partition coefficient (Wildman–Crippen LogP) is 13.1. The minimum atomic E-state index is 0.302. The van der Waals surface area contributed by atoms with Gasteiger partial charge in [0.15, 0.2) is 17.5 Å². The fourth-order valence-electron chi connectivity index (χ4n) is 8.36. The molecule has 7 aromatic carbocycles. The lowest BCUT2D eigenvalue weighted by Gasteiger charge is -2.18. The zero-order chi connectivity index (χ0) is 40.7. The van der Waals surface area contributed by atoms with Crippen molar-refractivity contribution in [3.05, 3.63) is 187 Å². The van der Waals surface area contributed by atoms with E-state index in [1.807, 2.05) is 30.3 Å². The summed E-state index contributed by atoms with van der Waals surface area (Å²) in [5.41, 5.74) is 13.0. The van der Waals surface area contributed by atoms with Crippen LogP contribution in [0.5, 0.6) is 0 Å². The second-order valence-electron chi connectivity index (χ2n) is 15.7. The van der Waals surface area contributed by atoms with Crippen LogP contribution < -0.4 is 0 Å². The SMILES string of the molecule is CC(C)c1ccccc1-c1nc2ccccc2n1-c1ccccc1-c1nc(-c2ccccc2)nc(-c2ccccc2-n2c(-c3ccccc3C(C)C)nc3ccccc32)n1. The molecule has 10 aromatic rings. The van der Waals surface area contributed by atoms with E-state index in [1.165, 1.54) is 11.1 Å². The normalized spacial score (nSPS) is 11.6. The van der Waals surface area contributed by atoms with Gasteiger partial charge in [-0.2, -0.15) is 0 Å². The highest BCUT2D eigenvalue weighted by molar-refractivity contribution is 5.88. The maximum atomic E-state index is 5.41. The molecule has 3 heterocycles. The molecule has 0 aliphatic heterocycles. The fraction of sp³-hybridized carbons (Fsp3) is 0.113. The van der Waals surface area contributed by atoms with Crippen LogP contribution in [0.1, 0.15) is 50.7 Å². The third kappa shape index (κ3) is 6.45. The number of rotatable bonds is 9. The summed E-state index contributed by atoms with van der Waals surface area (Å²) in [5.74, 6) is 4.06. The van der Waals surface area contributed by atoms with Gasteiger partial charge in [-0.05, 0) is 71.5 Å². The lowest BCUT2D eigenvalue weighted by molar-refractivity contribution is 0.865. The van der Waals surface area contributed by atoms with E-state index in [4.69, 9.17) is 24.9 Å². The van der Waals surface area contributed by atoms with Crippen molar-refractivity contribution in [3.8, 4) is 68.3 Å². The van der Waals surface area contributed by atoms with Crippen LogP contribution in [0.2, 0.25) is 0 Å². The van der Waals surface area contributed by atoms with Crippen molar-refractivity contribution >= 4 is 22.1 Å². The Labute approximate surface area is 349 Å². The third-order valence-electron chi connectivity index (χ3n) is 11.2. The van der Waals surface area contributed by atoms with Crippen LogP contribution in [0.15, 0.2) is 176 Å². The van der Waals surface area contributed by atoms with Gasteiger partial charge in [0.05, 0.1) is 33.4 Å². The van der Waals surface area contributed by atoms with Crippen molar-refractivity contribution in [1.29, 1.82) is 0 Å². The summed E-state index contributed by atoms with van der Waals surface area (Å²) in [6.45, 7) is 8.92. The molecular formula is C53H43N7. The molecule has 60 heavy (non-hydrogen) atoms. The highest BCUT2D eigenvalue weighted by atomic mass is 15.1. The predicted molar refractivity (Wildman–Crippen MR) is 244 cm³/mol. The van der Waals surface area contributed by atoms with Crippen molar-refractivity contribution in [1.82, 2.24) is 34.1 Å². The molecule has 10 rings (SSSR count). The van der Waals surface area contributed by atoms with Crippen LogP contribution in [0.3, 0.4) is 0 Å². The average molecular weight is 778 g/mol. The molecule has 0 spiro atoms. The van der Waals surface area contributed by atoms with E-state index >= 15 is 0 Å². The first-order valence-corrected chi connectivity index (χ1v) is 20.6. The first-order valence-electron chi connectivity index (χ1n) is 20.6. The molecule has 0 amide bonds. The smallest absolute Gasteiger partial charge is 0.166 e. The number of hydrogen-bond acceptors (Lipinski definition) is 5. The van der Waals surface area contributed by atoms with E-state index in [-0.39, 0.29) is 0 Å². The van der Waals surface area contributed by atoms with Crippen LogP contribution in [0.4, 0.5) is 0 Å². The highest BCUT2D eigenvalue weighted by Gasteiger charge is 2.25. The summed E-state index contributed by atoms with van der Waals surface area (Å²) in [7, 11) is 0. The number of fused-ring (bicyclic) bond motifs is 2. The van der Waals surface area contributed by atoms with Crippen molar-refractivity contribution in [3.63, 3.8) is 0 Å². The average Bonchev–Trinajstić information content (AvgIpc) is 3.88. The molecule has 0 N–H and O–H groups in total. The fourth-order valence-corrected chi connectivity index (χ4v) is 8.36. The van der Waals surface area contributed by atoms with E-state index in [0.717, 1.165) is 72.9 Å². The van der Waals surface area contributed by atoms with Crippen molar-refractivity contribution in [2.75, 3.05) is 0 Å². The Balaban J connectivity index is 1.23. The summed E-state index contributed by atoms with van der Waals surface area (Å²) in [4.78, 5) is 26.5. The van der Waals surface area contributed by atoms with Gasteiger partial charge >= 0.3 is 0 Å². The summed E-state index contributed by atoms with van der Waals surface area (Å²) in [5, 5.41) is 0. The standard InChI is InChI=1S/C53H43N7/c1-34(2)37-22-8-10-24-39(37)52-54-43-28-14-18-32-47(43)59(52)45-30-16-12-26-41(45)50-56-49(36-20-6-5-7-21-36)57-51(58-50)42-27-13-17-31-46(42)60-48-33-19-15-29-44(48)55-53(60)40-25-11-9-23-38(40)35(3)4/h5-35H,1-4H3. The van der Waals surface area contributed by atoms with Crippen molar-refractivity contribution < 1.29 is 0 Å². The maximum absolute atomic E-state index is 5.41. The molecule has 7 heteroatoms. The molecule has 0 aliphatic carbocycles. The van der Waals surface area contributed by atoms with Gasteiger partial charge < -0.3 is 0 Å². The second kappa shape index (κ2) is 15.3. The van der Waals surface area contributed by atoms with Crippen LogP contribution in [-0.2, 0) is 0 Å². The molecular weight excluding hydrogens is 735 g/mol. The molecule has 0 bridgehead atoms. The molecule has 0 saturated heterocycles. The third-order valence-corrected chi connectivity index (χ3v) is 11.2. The lowest BCUT2D eigenvalue weighted by atomic mass is 9.96. The molecule has 0 fully saturated rings. The number of benzene rings is 7. The Morgan fingerprint density at radius 1 is 0.333 bits per heavy atom. The zero-order valence-electron chi connectivity index (χ0n) is 34.0. The van der Waals surface area contributed by atoms with Gasteiger partial charge in [-0.1, -0.05) is 155 Å². The van der Waals surface area contributed by atoms with Crippen LogP contribution in [0, 0.1) is 0 Å². The number of nitrogens with zero attached hydrogens (tertiary/aromatic N) is 7. The van der Waals surface area contributed by atoms with Gasteiger partial charge in [-0.25, -0.2) is 24.9 Å². The monoisotopic (exact) mass is 777 g/mol. The van der Waals surface area contributed by atoms with Gasteiger partial charge in [0.25, 0.3) is 0 Å². The van der Waals surface area contributed by atoms with E-state index in [2.05, 4.69) is 182 Å². The summed E-state index contributed by atoms with van der Waals surface area (Å²) in [6.07, 6.45) is 0. The van der Waals surface area contributed by atoms with Crippen LogP contribution in [0.25, 0.3) is 90.4 Å². The van der Waals surface area contributed by atoms with Crippen LogP contribution >= 0.6 is 0 Å². The summed E-state index contributed by atoms with van der Waals surface area (Å²) >= 11 is 0. The largest absolute Gasteiger partial charge is 0.292 e. The van der Waals surface area contributed by atoms with E-state index in [0.29, 0.717) is 29.3 Å². The van der Waals surface area contributed by atoms with Crippen LogP contribution in [-0.4, -0.2) is 34.1 Å². The maximum Gasteiger partial charge on any atom is 0.166 e. The number of para-hydroxylation sites is 6. The Bertz CT molecular complexity index is 2980. The van der Waals surface area contributed by atoms with Gasteiger partial charge in [-0.3, -0.25) is 9.13 Å². The zero-order valence-corrected chi connectivity index (χ0v) is 34.0. The minimum absolute atomic E-state index is 0.302.